The van der Waals surface area contributed by atoms with E-state index in [1.807, 2.05) is 20.8 Å². The zero-order chi connectivity index (χ0) is 11.7. The average Bonchev–Trinajstić information content (AvgIpc) is 3.05. The fourth-order valence-corrected chi connectivity index (χ4v) is 2.37. The number of nitrogens with zero attached hydrogens (tertiary/aromatic N) is 2. The predicted molar refractivity (Wildman–Crippen MR) is 64.7 cm³/mol. The SMILES string of the molecule is Cc1nc(SCC(=O)C2CC2)nc(C)c1C. The number of Topliss-reactive ketones (excluding diaryl/α,β-unsaturated/α-hetero) is 1. The molecule has 0 aliphatic heterocycles. The number of aryl methyl sites for hydroxylation is 2. The van der Waals surface area contributed by atoms with Crippen molar-refractivity contribution in [2.75, 3.05) is 5.75 Å². The highest BCUT2D eigenvalue weighted by Gasteiger charge is 2.29. The number of carbonyl (C=O) groups is 1. The van der Waals surface area contributed by atoms with Crippen molar-refractivity contribution in [3.63, 3.8) is 0 Å². The molecule has 1 aliphatic rings. The number of ketones is 1. The van der Waals surface area contributed by atoms with Crippen LogP contribution >= 0.6 is 11.8 Å². The van der Waals surface area contributed by atoms with Crippen LogP contribution in [0.2, 0.25) is 0 Å². The Balaban J connectivity index is 2.01. The van der Waals surface area contributed by atoms with Crippen molar-refractivity contribution in [1.82, 2.24) is 9.97 Å². The van der Waals surface area contributed by atoms with Gasteiger partial charge in [0.25, 0.3) is 0 Å². The summed E-state index contributed by atoms with van der Waals surface area (Å²) >= 11 is 1.46. The molecule has 1 saturated carbocycles. The van der Waals surface area contributed by atoms with E-state index < -0.39 is 0 Å². The fraction of sp³-hybridized carbons (Fsp3) is 0.583. The third-order valence-corrected chi connectivity index (χ3v) is 3.86. The van der Waals surface area contributed by atoms with E-state index in [1.165, 1.54) is 11.8 Å². The van der Waals surface area contributed by atoms with Crippen LogP contribution in [-0.2, 0) is 4.79 Å². The third kappa shape index (κ3) is 2.61. The highest BCUT2D eigenvalue weighted by atomic mass is 32.2. The largest absolute Gasteiger partial charge is 0.298 e. The van der Waals surface area contributed by atoms with Crippen LogP contribution in [0, 0.1) is 26.7 Å². The number of aromatic nitrogens is 2. The monoisotopic (exact) mass is 236 g/mol. The molecule has 0 aromatic carbocycles. The van der Waals surface area contributed by atoms with Gasteiger partial charge in [0, 0.05) is 17.3 Å². The summed E-state index contributed by atoms with van der Waals surface area (Å²) < 4.78 is 0. The van der Waals surface area contributed by atoms with Gasteiger partial charge in [0.1, 0.15) is 5.78 Å². The minimum Gasteiger partial charge on any atom is -0.298 e. The van der Waals surface area contributed by atoms with Crippen LogP contribution < -0.4 is 0 Å². The van der Waals surface area contributed by atoms with E-state index in [4.69, 9.17) is 0 Å². The summed E-state index contributed by atoms with van der Waals surface area (Å²) in [5.41, 5.74) is 3.15. The third-order valence-electron chi connectivity index (χ3n) is 2.99. The summed E-state index contributed by atoms with van der Waals surface area (Å²) in [6.45, 7) is 5.99. The number of thioether (sulfide) groups is 1. The quantitative estimate of drug-likeness (QED) is 0.595. The molecule has 0 saturated heterocycles. The summed E-state index contributed by atoms with van der Waals surface area (Å²) in [7, 11) is 0. The Kier molecular flexibility index (Phi) is 3.28. The van der Waals surface area contributed by atoms with Gasteiger partial charge in [0.05, 0.1) is 5.75 Å². The Hall–Kier alpha value is -0.900. The van der Waals surface area contributed by atoms with Gasteiger partial charge in [-0.2, -0.15) is 0 Å². The lowest BCUT2D eigenvalue weighted by Crippen LogP contribution is -2.05. The van der Waals surface area contributed by atoms with Crippen LogP contribution in [0.3, 0.4) is 0 Å². The zero-order valence-corrected chi connectivity index (χ0v) is 10.7. The van der Waals surface area contributed by atoms with E-state index >= 15 is 0 Å². The first-order chi connectivity index (χ1) is 7.58. The molecule has 1 heterocycles. The summed E-state index contributed by atoms with van der Waals surface area (Å²) in [5, 5.41) is 0.731. The number of rotatable bonds is 4. The Morgan fingerprint density at radius 2 is 1.81 bits per heavy atom. The lowest BCUT2D eigenvalue weighted by atomic mass is 10.2. The first-order valence-corrected chi connectivity index (χ1v) is 6.54. The van der Waals surface area contributed by atoms with Crippen LogP contribution in [0.25, 0.3) is 0 Å². The maximum absolute atomic E-state index is 11.5. The summed E-state index contributed by atoms with van der Waals surface area (Å²) in [6.07, 6.45) is 2.15. The maximum Gasteiger partial charge on any atom is 0.188 e. The normalized spacial score (nSPS) is 15.2. The molecule has 1 aromatic rings. The lowest BCUT2D eigenvalue weighted by molar-refractivity contribution is -0.117. The van der Waals surface area contributed by atoms with Crippen molar-refractivity contribution in [1.29, 1.82) is 0 Å². The van der Waals surface area contributed by atoms with Crippen molar-refractivity contribution < 1.29 is 4.79 Å². The molecule has 4 heteroatoms. The number of hydrogen-bond donors (Lipinski definition) is 0. The maximum atomic E-state index is 11.5. The van der Waals surface area contributed by atoms with Gasteiger partial charge in [0.2, 0.25) is 0 Å². The lowest BCUT2D eigenvalue weighted by Gasteiger charge is -2.06. The van der Waals surface area contributed by atoms with Crippen molar-refractivity contribution >= 4 is 17.5 Å². The molecule has 0 N–H and O–H groups in total. The second kappa shape index (κ2) is 4.53. The topological polar surface area (TPSA) is 42.9 Å². The Morgan fingerprint density at radius 3 is 2.31 bits per heavy atom. The Labute approximate surface area is 100 Å². The highest BCUT2D eigenvalue weighted by Crippen LogP contribution is 2.31. The standard InChI is InChI=1S/C12H16N2OS/c1-7-8(2)13-12(14-9(7)3)16-6-11(15)10-4-5-10/h10H,4-6H2,1-3H3. The second-order valence-corrected chi connectivity index (χ2v) is 5.27. The molecule has 0 unspecified atom stereocenters. The van der Waals surface area contributed by atoms with Crippen LogP contribution in [0.5, 0.6) is 0 Å². The van der Waals surface area contributed by atoms with Crippen LogP contribution in [0.1, 0.15) is 29.8 Å². The van der Waals surface area contributed by atoms with Crippen molar-refractivity contribution in [2.45, 2.75) is 38.8 Å². The predicted octanol–water partition coefficient (Wildman–Crippen LogP) is 2.47. The van der Waals surface area contributed by atoms with Gasteiger partial charge in [-0.25, -0.2) is 9.97 Å². The van der Waals surface area contributed by atoms with Crippen molar-refractivity contribution in [3.8, 4) is 0 Å². The highest BCUT2D eigenvalue weighted by molar-refractivity contribution is 7.99. The molecule has 16 heavy (non-hydrogen) atoms. The fourth-order valence-electron chi connectivity index (χ4n) is 1.46. The molecule has 0 spiro atoms. The van der Waals surface area contributed by atoms with E-state index in [0.29, 0.717) is 17.5 Å². The first kappa shape index (κ1) is 11.6. The minimum atomic E-state index is 0.333. The van der Waals surface area contributed by atoms with E-state index in [0.717, 1.165) is 34.9 Å². The molecule has 3 nitrogen and oxygen atoms in total. The second-order valence-electron chi connectivity index (χ2n) is 4.33. The number of carbonyl (C=O) groups excluding carboxylic acids is 1. The molecule has 2 rings (SSSR count). The van der Waals surface area contributed by atoms with Crippen LogP contribution in [0.15, 0.2) is 5.16 Å². The number of hydrogen-bond acceptors (Lipinski definition) is 4. The zero-order valence-electron chi connectivity index (χ0n) is 9.91. The molecule has 0 amide bonds. The first-order valence-electron chi connectivity index (χ1n) is 5.55. The molecule has 1 aromatic heterocycles. The van der Waals surface area contributed by atoms with Crippen LogP contribution in [0.4, 0.5) is 0 Å². The van der Waals surface area contributed by atoms with Crippen LogP contribution in [-0.4, -0.2) is 21.5 Å². The van der Waals surface area contributed by atoms with Gasteiger partial charge in [-0.15, -0.1) is 0 Å². The molecule has 0 bridgehead atoms. The minimum absolute atomic E-state index is 0.333. The Morgan fingerprint density at radius 1 is 1.25 bits per heavy atom. The molecular formula is C12H16N2OS. The molecule has 0 radical (unpaired) electrons. The molecule has 86 valence electrons. The Bertz CT molecular complexity index is 404. The summed E-state index contributed by atoms with van der Waals surface area (Å²) in [5.74, 6) is 1.21. The smallest absolute Gasteiger partial charge is 0.188 e. The van der Waals surface area contributed by atoms with Gasteiger partial charge >= 0.3 is 0 Å². The average molecular weight is 236 g/mol. The van der Waals surface area contributed by atoms with Gasteiger partial charge in [-0.3, -0.25) is 4.79 Å². The van der Waals surface area contributed by atoms with Gasteiger partial charge in [0.15, 0.2) is 5.16 Å². The summed E-state index contributed by atoms with van der Waals surface area (Å²) in [6, 6.07) is 0. The molecule has 1 fully saturated rings. The summed E-state index contributed by atoms with van der Waals surface area (Å²) in [4.78, 5) is 20.3. The van der Waals surface area contributed by atoms with Gasteiger partial charge in [-0.1, -0.05) is 11.8 Å². The van der Waals surface area contributed by atoms with E-state index in [1.54, 1.807) is 0 Å². The van der Waals surface area contributed by atoms with E-state index in [2.05, 4.69) is 9.97 Å². The molecular weight excluding hydrogens is 220 g/mol. The van der Waals surface area contributed by atoms with Crippen molar-refractivity contribution in [3.05, 3.63) is 17.0 Å². The molecule has 1 aliphatic carbocycles. The van der Waals surface area contributed by atoms with E-state index in [-0.39, 0.29) is 0 Å². The van der Waals surface area contributed by atoms with Crippen molar-refractivity contribution in [2.24, 2.45) is 5.92 Å². The van der Waals surface area contributed by atoms with Gasteiger partial charge in [-0.05, 0) is 39.2 Å². The van der Waals surface area contributed by atoms with E-state index in [9.17, 15) is 4.79 Å². The molecule has 0 atom stereocenters. The van der Waals surface area contributed by atoms with Gasteiger partial charge < -0.3 is 0 Å².